The summed E-state index contributed by atoms with van der Waals surface area (Å²) in [6, 6.07) is 0. The van der Waals surface area contributed by atoms with Crippen LogP contribution >= 0.6 is 0 Å². The summed E-state index contributed by atoms with van der Waals surface area (Å²) in [7, 11) is 0. The topological polar surface area (TPSA) is 12.4 Å². The Bertz CT molecular complexity index is 125. The summed E-state index contributed by atoms with van der Waals surface area (Å²) < 4.78 is 0. The third-order valence-corrected chi connectivity index (χ3v) is 1.09. The largest absolute Gasteiger partial charge is 0.341 e. The average molecular weight is 105 g/mol. The van der Waals surface area contributed by atoms with Gasteiger partial charge in [0.15, 0.2) is 0 Å². The molecule has 0 radical (unpaired) electrons. The van der Waals surface area contributed by atoms with Crippen LogP contribution in [-0.2, 0) is 0 Å². The van der Waals surface area contributed by atoms with E-state index in [0.29, 0.717) is 0 Å². The third-order valence-electron chi connectivity index (χ3n) is 1.09. The number of nitrogens with zero attached hydrogens (tertiary/aromatic N) is 1. The van der Waals surface area contributed by atoms with E-state index in [0.717, 1.165) is 6.42 Å². The highest BCUT2D eigenvalue weighted by molar-refractivity contribution is 6.68. The predicted molar refractivity (Wildman–Crippen MR) is 38.2 cm³/mol. The van der Waals surface area contributed by atoms with Crippen molar-refractivity contribution < 1.29 is 0 Å². The lowest BCUT2D eigenvalue weighted by Crippen LogP contribution is -2.04. The van der Waals surface area contributed by atoms with Crippen molar-refractivity contribution in [3.63, 3.8) is 0 Å². The fourth-order valence-electron chi connectivity index (χ4n) is 0.651. The molecule has 8 heavy (non-hydrogen) atoms. The van der Waals surface area contributed by atoms with Gasteiger partial charge in [-0.05, 0) is 12.6 Å². The van der Waals surface area contributed by atoms with Crippen LogP contribution in [0.25, 0.3) is 0 Å². The van der Waals surface area contributed by atoms with Crippen LogP contribution in [0.15, 0.2) is 29.5 Å². The van der Waals surface area contributed by atoms with Crippen molar-refractivity contribution in [1.29, 1.82) is 0 Å². The van der Waals surface area contributed by atoms with E-state index in [2.05, 4.69) is 17.6 Å². The summed E-state index contributed by atoms with van der Waals surface area (Å²) >= 11 is 0. The van der Waals surface area contributed by atoms with Gasteiger partial charge in [-0.1, -0.05) is 18.0 Å². The second-order valence-electron chi connectivity index (χ2n) is 1.72. The van der Waals surface area contributed by atoms with Gasteiger partial charge in [-0.25, -0.2) is 0 Å². The molecule has 0 saturated heterocycles. The van der Waals surface area contributed by atoms with E-state index < -0.39 is 0 Å². The molecule has 0 atom stereocenters. The Morgan fingerprint density at radius 1 is 1.75 bits per heavy atom. The molecule has 0 unspecified atom stereocenters. The van der Waals surface area contributed by atoms with Crippen LogP contribution in [0.5, 0.6) is 0 Å². The highest BCUT2D eigenvalue weighted by Crippen LogP contribution is 1.95. The molecule has 0 aromatic rings. The molecule has 0 saturated carbocycles. The molecule has 0 bridgehead atoms. The lowest BCUT2D eigenvalue weighted by atomic mass is 9.63. The van der Waals surface area contributed by atoms with Crippen LogP contribution in [0.3, 0.4) is 0 Å². The molecule has 0 N–H and O–H groups in total. The fourth-order valence-corrected chi connectivity index (χ4v) is 0.651. The summed E-state index contributed by atoms with van der Waals surface area (Å²) in [5, 5.41) is 0. The Hall–Kier alpha value is -0.785. The normalized spacial score (nSPS) is 16.8. The van der Waals surface area contributed by atoms with Gasteiger partial charge in [0.1, 0.15) is 0 Å². The van der Waals surface area contributed by atoms with Crippen molar-refractivity contribution in [3.05, 3.63) is 24.6 Å². The van der Waals surface area contributed by atoms with Gasteiger partial charge in [0.05, 0.1) is 0 Å². The highest BCUT2D eigenvalue weighted by Gasteiger charge is 2.01. The first-order valence-electron chi connectivity index (χ1n) is 2.74. The molecule has 0 aromatic heterocycles. The minimum absolute atomic E-state index is 0.240. The van der Waals surface area contributed by atoms with Gasteiger partial charge < -0.3 is 4.90 Å². The van der Waals surface area contributed by atoms with Crippen LogP contribution in [0.2, 0.25) is 0 Å². The van der Waals surface area contributed by atoms with Crippen LogP contribution < -0.4 is 0 Å². The van der Waals surface area contributed by atoms with Crippen LogP contribution in [0.1, 0.15) is 6.42 Å². The Morgan fingerprint density at radius 3 is 3.00 bits per heavy atom. The Kier molecular flexibility index (Phi) is 1.68. The SMILES string of the molecule is C=CB1C=CCC=N1. The standard InChI is InChI=1S/C6H8BN/c1-2-7-5-3-4-6-8-7/h2-3,5-6H,1,4H2. The van der Waals surface area contributed by atoms with Gasteiger partial charge in [0, 0.05) is 0 Å². The molecule has 1 aliphatic rings. The molecule has 0 aromatic carbocycles. The molecular formula is C6H8BN. The number of allylic oxidation sites excluding steroid dienone is 1. The van der Waals surface area contributed by atoms with Crippen molar-refractivity contribution in [1.82, 2.24) is 0 Å². The zero-order valence-corrected chi connectivity index (χ0v) is 4.75. The molecule has 1 aliphatic heterocycles. The Labute approximate surface area is 49.9 Å². The second kappa shape index (κ2) is 2.50. The van der Waals surface area contributed by atoms with Crippen LogP contribution in [-0.4, -0.2) is 13.1 Å². The predicted octanol–water partition coefficient (Wildman–Crippen LogP) is 1.27. The molecule has 0 fully saturated rings. The third kappa shape index (κ3) is 1.09. The fraction of sp³-hybridized carbons (Fsp3) is 0.167. The van der Waals surface area contributed by atoms with E-state index in [1.54, 1.807) is 0 Å². The molecular weight excluding hydrogens is 96.9 g/mol. The van der Waals surface area contributed by atoms with E-state index >= 15 is 0 Å². The monoisotopic (exact) mass is 105 g/mol. The first kappa shape index (κ1) is 5.35. The molecule has 0 spiro atoms. The van der Waals surface area contributed by atoms with Crippen molar-refractivity contribution in [2.45, 2.75) is 6.42 Å². The smallest absolute Gasteiger partial charge is 0.328 e. The van der Waals surface area contributed by atoms with Gasteiger partial charge in [-0.15, -0.1) is 6.58 Å². The zero-order chi connectivity index (χ0) is 5.82. The van der Waals surface area contributed by atoms with Crippen LogP contribution in [0.4, 0.5) is 0 Å². The average Bonchev–Trinajstić information content (AvgIpc) is 1.90. The summed E-state index contributed by atoms with van der Waals surface area (Å²) in [5.74, 6) is 3.87. The van der Waals surface area contributed by atoms with Crippen molar-refractivity contribution in [2.75, 3.05) is 0 Å². The van der Waals surface area contributed by atoms with Gasteiger partial charge in [-0.3, -0.25) is 0 Å². The first-order chi connectivity index (χ1) is 3.93. The van der Waals surface area contributed by atoms with Gasteiger partial charge in [0.2, 0.25) is 0 Å². The van der Waals surface area contributed by atoms with Crippen molar-refractivity contribution in [2.24, 2.45) is 4.90 Å². The molecule has 40 valence electrons. The zero-order valence-electron chi connectivity index (χ0n) is 4.75. The molecule has 1 heterocycles. The minimum Gasteiger partial charge on any atom is -0.341 e. The summed E-state index contributed by atoms with van der Waals surface area (Å²) in [6.45, 7) is 3.86. The van der Waals surface area contributed by atoms with Crippen molar-refractivity contribution in [3.8, 4) is 0 Å². The Balaban J connectivity index is 2.54. The van der Waals surface area contributed by atoms with E-state index in [9.17, 15) is 0 Å². The Morgan fingerprint density at radius 2 is 2.62 bits per heavy atom. The maximum Gasteiger partial charge on any atom is 0.328 e. The summed E-state index contributed by atoms with van der Waals surface area (Å²) in [6.07, 6.45) is 4.98. The maximum atomic E-state index is 4.12. The van der Waals surface area contributed by atoms with E-state index in [-0.39, 0.29) is 6.85 Å². The molecule has 1 nitrogen and oxygen atoms in total. The van der Waals surface area contributed by atoms with E-state index in [1.807, 2.05) is 18.2 Å². The molecule has 0 aliphatic carbocycles. The van der Waals surface area contributed by atoms with Gasteiger partial charge in [0.25, 0.3) is 0 Å². The van der Waals surface area contributed by atoms with E-state index in [1.165, 1.54) is 0 Å². The molecule has 1 rings (SSSR count). The van der Waals surface area contributed by atoms with Gasteiger partial charge in [-0.2, -0.15) is 0 Å². The second-order valence-corrected chi connectivity index (χ2v) is 1.72. The number of hydrogen-bond acceptors (Lipinski definition) is 1. The molecule has 0 amide bonds. The highest BCUT2D eigenvalue weighted by atomic mass is 14.6. The van der Waals surface area contributed by atoms with E-state index in [4.69, 9.17) is 0 Å². The summed E-state index contributed by atoms with van der Waals surface area (Å²) in [5.41, 5.74) is 0. The summed E-state index contributed by atoms with van der Waals surface area (Å²) in [4.78, 5) is 4.12. The maximum absolute atomic E-state index is 4.12. The number of rotatable bonds is 1. The van der Waals surface area contributed by atoms with Crippen molar-refractivity contribution >= 4 is 13.1 Å². The van der Waals surface area contributed by atoms with Crippen LogP contribution in [0, 0.1) is 0 Å². The number of hydrogen-bond donors (Lipinski definition) is 0. The first-order valence-corrected chi connectivity index (χ1v) is 2.74. The molecule has 2 heteroatoms. The quantitative estimate of drug-likeness (QED) is 0.445. The minimum atomic E-state index is 0.240. The lowest BCUT2D eigenvalue weighted by Gasteiger charge is -1.97. The van der Waals surface area contributed by atoms with Gasteiger partial charge >= 0.3 is 6.85 Å². The lowest BCUT2D eigenvalue weighted by molar-refractivity contribution is 1.49.